The molecule has 64 valence electrons. The third-order valence-corrected chi connectivity index (χ3v) is 1.32. The molecule has 0 aliphatic rings. The van der Waals surface area contributed by atoms with Gasteiger partial charge in [-0.15, -0.1) is 4.68 Å². The minimum Gasteiger partial charge on any atom is -0.762 e. The highest BCUT2D eigenvalue weighted by molar-refractivity contribution is 5.95. The van der Waals surface area contributed by atoms with Crippen molar-refractivity contribution in [3.8, 4) is 6.07 Å². The molecule has 1 aromatic heterocycles. The van der Waals surface area contributed by atoms with Crippen molar-refractivity contribution in [3.05, 3.63) is 29.7 Å². The van der Waals surface area contributed by atoms with Crippen molar-refractivity contribution in [1.82, 2.24) is 4.68 Å². The number of nitrogens with zero attached hydrogens (tertiary/aromatic N) is 5. The monoisotopic (exact) mass is 173 g/mol. The van der Waals surface area contributed by atoms with Crippen molar-refractivity contribution in [1.29, 1.82) is 5.26 Å². The van der Waals surface area contributed by atoms with Crippen LogP contribution in [-0.4, -0.2) is 16.8 Å². The Hall–Kier alpha value is -2.18. The van der Waals surface area contributed by atoms with Crippen LogP contribution in [0.3, 0.4) is 0 Å². The summed E-state index contributed by atoms with van der Waals surface area (Å²) in [6, 6.07) is 1.71. The Labute approximate surface area is 75.4 Å². The predicted octanol–water partition coefficient (Wildman–Crippen LogP) is -0.164. The summed E-state index contributed by atoms with van der Waals surface area (Å²) in [5.74, 6) is 1.71. The number of imidazole rings is 1. The molecule has 1 heterocycles. The largest absolute Gasteiger partial charge is 0.762 e. The van der Waals surface area contributed by atoms with Crippen LogP contribution in [0.2, 0.25) is 0 Å². The topological polar surface area (TPSA) is 67.3 Å². The molecule has 0 aromatic carbocycles. The molecule has 1 rings (SSSR count). The van der Waals surface area contributed by atoms with Gasteiger partial charge in [-0.25, -0.2) is 10.4 Å². The Morgan fingerprint density at radius 3 is 3.00 bits per heavy atom. The van der Waals surface area contributed by atoms with E-state index < -0.39 is 0 Å². The maximum Gasteiger partial charge on any atom is 0.269 e. The van der Waals surface area contributed by atoms with E-state index in [1.807, 2.05) is 7.05 Å². The second kappa shape index (κ2) is 4.00. The van der Waals surface area contributed by atoms with E-state index in [-0.39, 0.29) is 5.57 Å². The van der Waals surface area contributed by atoms with Gasteiger partial charge in [0.05, 0.1) is 18.8 Å². The van der Waals surface area contributed by atoms with Crippen molar-refractivity contribution in [2.45, 2.75) is 0 Å². The fourth-order valence-corrected chi connectivity index (χ4v) is 0.712. The lowest BCUT2D eigenvalue weighted by Crippen LogP contribution is -2.23. The molecule has 13 heavy (non-hydrogen) atoms. The molecule has 0 unspecified atom stereocenters. The number of hydrogen-bond donors (Lipinski definition) is 0. The third kappa shape index (κ3) is 2.40. The second-order valence-electron chi connectivity index (χ2n) is 2.34. The SMILES string of the molecule is C[n+]1ccn(/N=C/C(=C=[N-])C#N)c1. The van der Waals surface area contributed by atoms with Crippen molar-refractivity contribution in [2.75, 3.05) is 0 Å². The number of hydrogen-bond acceptors (Lipinski definition) is 2. The van der Waals surface area contributed by atoms with Gasteiger partial charge in [-0.05, 0) is 0 Å². The summed E-state index contributed by atoms with van der Waals surface area (Å²) >= 11 is 0. The van der Waals surface area contributed by atoms with E-state index in [9.17, 15) is 0 Å². The summed E-state index contributed by atoms with van der Waals surface area (Å²) in [4.78, 5) is 0. The lowest BCUT2D eigenvalue weighted by molar-refractivity contribution is -0.671. The summed E-state index contributed by atoms with van der Waals surface area (Å²) in [6.07, 6.45) is 6.45. The second-order valence-corrected chi connectivity index (χ2v) is 2.34. The van der Waals surface area contributed by atoms with Crippen LogP contribution in [0.1, 0.15) is 0 Å². The summed E-state index contributed by atoms with van der Waals surface area (Å²) < 4.78 is 3.31. The van der Waals surface area contributed by atoms with E-state index >= 15 is 0 Å². The van der Waals surface area contributed by atoms with Crippen molar-refractivity contribution < 1.29 is 4.57 Å². The van der Waals surface area contributed by atoms with Crippen molar-refractivity contribution in [2.24, 2.45) is 12.1 Å². The van der Waals surface area contributed by atoms with E-state index in [2.05, 4.69) is 5.10 Å². The first-order valence-corrected chi connectivity index (χ1v) is 3.51. The number of aryl methyl sites for hydroxylation is 1. The number of rotatable bonds is 2. The van der Waals surface area contributed by atoms with E-state index in [1.165, 1.54) is 10.9 Å². The van der Waals surface area contributed by atoms with Gasteiger partial charge in [-0.2, -0.15) is 5.26 Å². The van der Waals surface area contributed by atoms with Gasteiger partial charge in [0.25, 0.3) is 6.33 Å². The van der Waals surface area contributed by atoms with Crippen molar-refractivity contribution >= 4 is 12.1 Å². The van der Waals surface area contributed by atoms with Gasteiger partial charge >= 0.3 is 0 Å². The summed E-state index contributed by atoms with van der Waals surface area (Å²) in [6.45, 7) is 0. The van der Waals surface area contributed by atoms with Gasteiger partial charge < -0.3 is 5.41 Å². The lowest BCUT2D eigenvalue weighted by atomic mass is 10.4. The third-order valence-electron chi connectivity index (χ3n) is 1.32. The molecule has 0 saturated heterocycles. The fourth-order valence-electron chi connectivity index (χ4n) is 0.712. The van der Waals surface area contributed by atoms with Crippen LogP contribution in [-0.2, 0) is 7.05 Å². The molecule has 0 amide bonds. The number of allylic oxidation sites excluding steroid dienone is 1. The molecule has 0 aliphatic carbocycles. The highest BCUT2D eigenvalue weighted by Gasteiger charge is 1.95. The Morgan fingerprint density at radius 1 is 1.77 bits per heavy atom. The van der Waals surface area contributed by atoms with Gasteiger partial charge in [-0.3, -0.25) is 0 Å². The molecule has 0 bridgehead atoms. The smallest absolute Gasteiger partial charge is 0.269 e. The zero-order chi connectivity index (χ0) is 9.68. The molecule has 0 atom stereocenters. The van der Waals surface area contributed by atoms with Gasteiger partial charge in [0.2, 0.25) is 0 Å². The van der Waals surface area contributed by atoms with Gasteiger partial charge in [-0.1, -0.05) is 5.10 Å². The Balaban J connectivity index is 2.81. The van der Waals surface area contributed by atoms with E-state index in [0.717, 1.165) is 0 Å². The van der Waals surface area contributed by atoms with Gasteiger partial charge in [0.15, 0.2) is 6.20 Å². The average molecular weight is 173 g/mol. The van der Waals surface area contributed by atoms with Crippen LogP contribution >= 0.6 is 0 Å². The van der Waals surface area contributed by atoms with E-state index in [4.69, 9.17) is 10.7 Å². The first-order valence-electron chi connectivity index (χ1n) is 3.51. The molecule has 0 aliphatic heterocycles. The molecular weight excluding hydrogens is 166 g/mol. The molecule has 0 fully saturated rings. The highest BCUT2D eigenvalue weighted by atomic mass is 15.4. The van der Waals surface area contributed by atoms with Gasteiger partial charge in [0.1, 0.15) is 12.3 Å². The molecule has 0 N–H and O–H groups in total. The number of nitriles is 1. The average Bonchev–Trinajstić information content (AvgIpc) is 2.53. The first-order chi connectivity index (χ1) is 6.26. The molecule has 1 aromatic rings. The summed E-state index contributed by atoms with van der Waals surface area (Å²) in [5, 5.41) is 20.6. The zero-order valence-electron chi connectivity index (χ0n) is 7.05. The van der Waals surface area contributed by atoms with Crippen molar-refractivity contribution in [3.63, 3.8) is 0 Å². The fraction of sp³-hybridized carbons (Fsp3) is 0.125. The maximum atomic E-state index is 8.39. The molecule has 5 nitrogen and oxygen atoms in total. The molecule has 0 saturated carbocycles. The quantitative estimate of drug-likeness (QED) is 0.348. The van der Waals surface area contributed by atoms with Crippen LogP contribution in [0, 0.1) is 11.3 Å². The van der Waals surface area contributed by atoms with Crippen LogP contribution in [0.5, 0.6) is 0 Å². The van der Waals surface area contributed by atoms with Crippen LogP contribution < -0.4 is 4.57 Å². The van der Waals surface area contributed by atoms with Crippen LogP contribution in [0.4, 0.5) is 0 Å². The Morgan fingerprint density at radius 2 is 2.54 bits per heavy atom. The normalized spacial score (nSPS) is 9.54. The molecule has 0 radical (unpaired) electrons. The minimum absolute atomic E-state index is 0.0173. The molecular formula is C8H7N5. The maximum absolute atomic E-state index is 8.39. The number of aromatic nitrogens is 2. The standard InChI is InChI=1S/C8H7N5/c1-12-2-3-13(7-12)11-6-8(4-9)5-10/h2-3,6-7H,1H3/b11-6+. The van der Waals surface area contributed by atoms with Gasteiger partial charge in [0, 0.05) is 0 Å². The lowest BCUT2D eigenvalue weighted by Gasteiger charge is -1.82. The minimum atomic E-state index is -0.0173. The van der Waals surface area contributed by atoms with E-state index in [0.29, 0.717) is 0 Å². The zero-order valence-corrected chi connectivity index (χ0v) is 7.05. The Kier molecular flexibility index (Phi) is 2.74. The van der Waals surface area contributed by atoms with Crippen LogP contribution in [0.15, 0.2) is 29.4 Å². The summed E-state index contributed by atoms with van der Waals surface area (Å²) in [5.41, 5.74) is -0.0173. The summed E-state index contributed by atoms with van der Waals surface area (Å²) in [7, 11) is 1.85. The van der Waals surface area contributed by atoms with E-state index in [1.54, 1.807) is 35.2 Å². The Bertz CT molecular complexity index is 414. The highest BCUT2D eigenvalue weighted by Crippen LogP contribution is 1.84. The molecule has 5 heteroatoms. The predicted molar refractivity (Wildman–Crippen MR) is 47.0 cm³/mol. The first kappa shape index (κ1) is 8.91. The molecule has 0 spiro atoms. The van der Waals surface area contributed by atoms with Crippen LogP contribution in [0.25, 0.3) is 5.41 Å².